The number of aliphatic hydroxyl groups is 2. The molecule has 0 saturated carbocycles. The van der Waals surface area contributed by atoms with E-state index in [2.05, 4.69) is 86.8 Å². The van der Waals surface area contributed by atoms with Crippen LogP contribution in [0.3, 0.4) is 0 Å². The van der Waals surface area contributed by atoms with E-state index in [0.717, 1.165) is 77.0 Å². The standard InChI is InChI=1S/C50H81NO5/c1-4-7-10-13-16-19-22-24-26-27-29-32-35-38-41-46(56-50(55)43-40-37-34-31-28-25-23-20-17-14-11-8-5-2)44-49(54)51-47(45-52)48(53)42-39-36-33-30-21-18-15-12-9-6-3/h7-8,10-11,14,16-17,19-20,23-26,28-29,32,38,41,46-48,52-53H,4-6,9,12-13,15,18,21-22,27,30-31,33-37,39-40,42-45H2,1-3H3,(H,51,54)/b10-7+,11-8+,17-14+,19-16+,23-20-,26-24+,28-25-,32-29+,41-38+. The Morgan fingerprint density at radius 1 is 0.571 bits per heavy atom. The van der Waals surface area contributed by atoms with Crippen LogP contribution in [0.1, 0.15) is 168 Å². The molecule has 6 nitrogen and oxygen atoms in total. The first-order valence-corrected chi connectivity index (χ1v) is 22.2. The Morgan fingerprint density at radius 2 is 1.07 bits per heavy atom. The van der Waals surface area contributed by atoms with Crippen molar-refractivity contribution in [3.05, 3.63) is 109 Å². The van der Waals surface area contributed by atoms with Gasteiger partial charge in [-0.15, -0.1) is 0 Å². The number of allylic oxidation sites excluding steroid dienone is 17. The first-order valence-electron chi connectivity index (χ1n) is 22.2. The number of rotatable bonds is 37. The van der Waals surface area contributed by atoms with Crippen molar-refractivity contribution >= 4 is 11.9 Å². The molecule has 316 valence electrons. The van der Waals surface area contributed by atoms with Gasteiger partial charge < -0.3 is 20.3 Å². The number of aliphatic hydroxyl groups excluding tert-OH is 2. The number of amides is 1. The van der Waals surface area contributed by atoms with Gasteiger partial charge in [0.2, 0.25) is 5.91 Å². The van der Waals surface area contributed by atoms with Gasteiger partial charge in [-0.25, -0.2) is 0 Å². The minimum absolute atomic E-state index is 0.0691. The molecule has 3 N–H and O–H groups in total. The fourth-order valence-corrected chi connectivity index (χ4v) is 5.87. The lowest BCUT2D eigenvalue weighted by Crippen LogP contribution is -2.46. The lowest BCUT2D eigenvalue weighted by molar-refractivity contribution is -0.148. The summed E-state index contributed by atoms with van der Waals surface area (Å²) < 4.78 is 5.76. The molecule has 0 aromatic heterocycles. The maximum atomic E-state index is 13.1. The Kier molecular flexibility index (Phi) is 40.0. The van der Waals surface area contributed by atoms with Gasteiger partial charge in [-0.1, -0.05) is 195 Å². The predicted octanol–water partition coefficient (Wildman–Crippen LogP) is 12.8. The van der Waals surface area contributed by atoms with Crippen molar-refractivity contribution in [1.82, 2.24) is 5.32 Å². The smallest absolute Gasteiger partial charge is 0.306 e. The van der Waals surface area contributed by atoms with Crippen molar-refractivity contribution in [2.24, 2.45) is 0 Å². The van der Waals surface area contributed by atoms with E-state index in [4.69, 9.17) is 4.74 Å². The Labute approximate surface area is 343 Å². The molecule has 0 aliphatic rings. The quantitative estimate of drug-likeness (QED) is 0.0253. The highest BCUT2D eigenvalue weighted by Crippen LogP contribution is 2.14. The summed E-state index contributed by atoms with van der Waals surface area (Å²) in [5.41, 5.74) is 0. The molecule has 0 fully saturated rings. The number of hydrogen-bond acceptors (Lipinski definition) is 5. The summed E-state index contributed by atoms with van der Waals surface area (Å²) in [5, 5.41) is 23.5. The van der Waals surface area contributed by atoms with E-state index < -0.39 is 18.2 Å². The molecule has 1 amide bonds. The number of esters is 1. The molecule has 0 rings (SSSR count). The number of unbranched alkanes of at least 4 members (excludes halogenated alkanes) is 12. The van der Waals surface area contributed by atoms with Crippen molar-refractivity contribution in [3.8, 4) is 0 Å². The largest absolute Gasteiger partial charge is 0.458 e. The minimum atomic E-state index is -0.830. The van der Waals surface area contributed by atoms with E-state index in [-0.39, 0.29) is 24.9 Å². The molecule has 0 bridgehead atoms. The van der Waals surface area contributed by atoms with E-state index in [1.807, 2.05) is 42.5 Å². The zero-order valence-corrected chi connectivity index (χ0v) is 35.7. The van der Waals surface area contributed by atoms with Gasteiger partial charge in [0.25, 0.3) is 0 Å². The number of nitrogens with one attached hydrogen (secondary N) is 1. The first kappa shape index (κ1) is 52.5. The average molecular weight is 776 g/mol. The molecule has 0 aliphatic heterocycles. The van der Waals surface area contributed by atoms with Gasteiger partial charge in [-0.2, -0.15) is 0 Å². The highest BCUT2D eigenvalue weighted by molar-refractivity contribution is 5.78. The van der Waals surface area contributed by atoms with E-state index >= 15 is 0 Å². The Morgan fingerprint density at radius 3 is 1.64 bits per heavy atom. The fraction of sp³-hybridized carbons (Fsp3) is 0.600. The van der Waals surface area contributed by atoms with Crippen LogP contribution in [0.4, 0.5) is 0 Å². The van der Waals surface area contributed by atoms with Crippen LogP contribution >= 0.6 is 0 Å². The third kappa shape index (κ3) is 37.4. The van der Waals surface area contributed by atoms with Crippen LogP contribution in [0.25, 0.3) is 0 Å². The molecular formula is C50H81NO5. The van der Waals surface area contributed by atoms with Crippen LogP contribution < -0.4 is 5.32 Å². The van der Waals surface area contributed by atoms with Gasteiger partial charge in [0.1, 0.15) is 6.10 Å². The number of carbonyl (C=O) groups excluding carboxylic acids is 2. The summed E-state index contributed by atoms with van der Waals surface area (Å²) in [5.74, 6) is -0.691. The summed E-state index contributed by atoms with van der Waals surface area (Å²) >= 11 is 0. The summed E-state index contributed by atoms with van der Waals surface area (Å²) in [6.07, 6.45) is 57.5. The van der Waals surface area contributed by atoms with Crippen LogP contribution in [0.2, 0.25) is 0 Å². The zero-order valence-electron chi connectivity index (χ0n) is 35.7. The van der Waals surface area contributed by atoms with Gasteiger partial charge in [-0.3, -0.25) is 9.59 Å². The topological polar surface area (TPSA) is 95.9 Å². The van der Waals surface area contributed by atoms with Gasteiger partial charge in [0.15, 0.2) is 0 Å². The van der Waals surface area contributed by atoms with E-state index in [9.17, 15) is 19.8 Å². The van der Waals surface area contributed by atoms with Crippen LogP contribution in [0.15, 0.2) is 109 Å². The van der Waals surface area contributed by atoms with Gasteiger partial charge in [0.05, 0.1) is 25.2 Å². The highest BCUT2D eigenvalue weighted by atomic mass is 16.5. The minimum Gasteiger partial charge on any atom is -0.458 e. The molecule has 3 atom stereocenters. The van der Waals surface area contributed by atoms with Crippen molar-refractivity contribution in [1.29, 1.82) is 0 Å². The lowest BCUT2D eigenvalue weighted by atomic mass is 10.0. The molecule has 0 heterocycles. The van der Waals surface area contributed by atoms with Crippen LogP contribution in [0, 0.1) is 0 Å². The average Bonchev–Trinajstić information content (AvgIpc) is 3.19. The molecule has 0 aromatic rings. The van der Waals surface area contributed by atoms with Crippen molar-refractivity contribution < 1.29 is 24.5 Å². The van der Waals surface area contributed by atoms with Crippen LogP contribution in [-0.4, -0.2) is 46.9 Å². The highest BCUT2D eigenvalue weighted by Gasteiger charge is 2.23. The SMILES string of the molecule is CC/C=C/C=C/C=C\C=C/CCCCCC(=O)OC(/C=C/C/C=C/C/C=C/C/C=C/C/C=C/CC)CC(=O)NC(CO)C(O)CCCCCCCCCCCC. The molecule has 0 spiro atoms. The maximum absolute atomic E-state index is 13.1. The lowest BCUT2D eigenvalue weighted by Gasteiger charge is -2.23. The first-order chi connectivity index (χ1) is 27.5. The van der Waals surface area contributed by atoms with Crippen molar-refractivity contribution in [2.45, 2.75) is 187 Å². The Bertz CT molecular complexity index is 1190. The molecule has 3 unspecified atom stereocenters. The third-order valence-corrected chi connectivity index (χ3v) is 9.19. The van der Waals surface area contributed by atoms with E-state index in [1.165, 1.54) is 44.9 Å². The second-order valence-corrected chi connectivity index (χ2v) is 14.4. The molecule has 0 aromatic carbocycles. The van der Waals surface area contributed by atoms with Crippen LogP contribution in [-0.2, 0) is 14.3 Å². The van der Waals surface area contributed by atoms with Gasteiger partial charge >= 0.3 is 5.97 Å². The third-order valence-electron chi connectivity index (χ3n) is 9.19. The molecule has 56 heavy (non-hydrogen) atoms. The molecule has 0 aliphatic carbocycles. The summed E-state index contributed by atoms with van der Waals surface area (Å²) in [7, 11) is 0. The Balaban J connectivity index is 4.90. The number of hydrogen-bond donors (Lipinski definition) is 3. The van der Waals surface area contributed by atoms with Crippen molar-refractivity contribution in [2.75, 3.05) is 6.61 Å². The van der Waals surface area contributed by atoms with E-state index in [1.54, 1.807) is 6.08 Å². The summed E-state index contributed by atoms with van der Waals surface area (Å²) in [6, 6.07) is -0.755. The van der Waals surface area contributed by atoms with E-state index in [0.29, 0.717) is 19.3 Å². The second-order valence-electron chi connectivity index (χ2n) is 14.4. The normalized spacial score (nSPS) is 14.4. The summed E-state index contributed by atoms with van der Waals surface area (Å²) in [4.78, 5) is 25.9. The van der Waals surface area contributed by atoms with Crippen molar-refractivity contribution in [3.63, 3.8) is 0 Å². The molecule has 0 saturated heterocycles. The predicted molar refractivity (Wildman–Crippen MR) is 240 cm³/mol. The monoisotopic (exact) mass is 776 g/mol. The van der Waals surface area contributed by atoms with Gasteiger partial charge in [0, 0.05) is 6.42 Å². The van der Waals surface area contributed by atoms with Crippen LogP contribution in [0.5, 0.6) is 0 Å². The molecular weight excluding hydrogens is 695 g/mol. The zero-order chi connectivity index (χ0) is 41.0. The Hall–Kier alpha value is -3.48. The van der Waals surface area contributed by atoms with Gasteiger partial charge in [-0.05, 0) is 70.3 Å². The number of ether oxygens (including phenoxy) is 1. The second kappa shape index (κ2) is 42.7. The molecule has 0 radical (unpaired) electrons. The molecule has 6 heteroatoms. The fourth-order valence-electron chi connectivity index (χ4n) is 5.87. The number of carbonyl (C=O) groups is 2. The summed E-state index contributed by atoms with van der Waals surface area (Å²) in [6.45, 7) is 6.13. The maximum Gasteiger partial charge on any atom is 0.306 e.